The molecule has 3 N–H and O–H groups in total. The van der Waals surface area contributed by atoms with Crippen LogP contribution in [-0.4, -0.2) is 67.6 Å². The van der Waals surface area contributed by atoms with Crippen molar-refractivity contribution in [3.05, 3.63) is 54.1 Å². The monoisotopic (exact) mass is 566 g/mol. The molecule has 0 aromatic carbocycles. The quantitative estimate of drug-likeness (QED) is 0.245. The van der Waals surface area contributed by atoms with Gasteiger partial charge in [0, 0.05) is 48.1 Å². The second kappa shape index (κ2) is 12.6. The number of sulfone groups is 1. The number of fused-ring (bicyclic) bond motifs is 1. The standard InChI is InChI=1S/C28H38N8O3S/c1-5-8-9-20-11-10-19(17-30-20)22-14-16-36-25(29)24(40(4,38)39)23(33-27(22)36)13-12-21(7-3)35(15-6-2)28(37)26-31-18-32-34-26/h10-11,14,16-18,21H,5-9,12-13,15,29H2,1-4H3,(H,31,32,34)/t21-/m1/s1. The molecule has 1 atom stereocenters. The molecule has 0 spiro atoms. The Hall–Kier alpha value is -3.80. The first kappa shape index (κ1) is 29.2. The number of pyridine rings is 1. The van der Waals surface area contributed by atoms with Gasteiger partial charge in [0.1, 0.15) is 22.7 Å². The van der Waals surface area contributed by atoms with Crippen LogP contribution in [0.1, 0.15) is 74.9 Å². The molecule has 12 heteroatoms. The number of nitrogen functional groups attached to an aromatic ring is 1. The van der Waals surface area contributed by atoms with Crippen LogP contribution >= 0.6 is 0 Å². The fourth-order valence-corrected chi connectivity index (χ4v) is 6.13. The normalized spacial score (nSPS) is 12.6. The number of hydrogen-bond donors (Lipinski definition) is 2. The van der Waals surface area contributed by atoms with Gasteiger partial charge in [-0.2, -0.15) is 5.10 Å². The number of carbonyl (C=O) groups excluding carboxylic acids is 1. The second-order valence-electron chi connectivity index (χ2n) is 10.0. The van der Waals surface area contributed by atoms with Crippen LogP contribution in [0.2, 0.25) is 0 Å². The number of anilines is 1. The Morgan fingerprint density at radius 1 is 1.12 bits per heavy atom. The number of carbonyl (C=O) groups is 1. The molecule has 1 amide bonds. The maximum atomic E-state index is 13.2. The summed E-state index contributed by atoms with van der Waals surface area (Å²) < 4.78 is 27.4. The summed E-state index contributed by atoms with van der Waals surface area (Å²) in [5, 5.41) is 6.46. The summed E-state index contributed by atoms with van der Waals surface area (Å²) in [6, 6.07) is 5.75. The lowest BCUT2D eigenvalue weighted by atomic mass is 10.0. The first-order valence-corrected chi connectivity index (χ1v) is 15.7. The number of amides is 1. The Morgan fingerprint density at radius 3 is 2.52 bits per heavy atom. The molecule has 0 bridgehead atoms. The van der Waals surface area contributed by atoms with Crippen LogP contribution in [0, 0.1) is 0 Å². The van der Waals surface area contributed by atoms with E-state index >= 15 is 0 Å². The Kier molecular flexibility index (Phi) is 9.18. The van der Waals surface area contributed by atoms with Crippen LogP contribution in [0.15, 0.2) is 41.8 Å². The Balaban J connectivity index is 1.70. The third-order valence-corrected chi connectivity index (χ3v) is 8.30. The molecule has 0 unspecified atom stereocenters. The highest BCUT2D eigenvalue weighted by atomic mass is 32.2. The number of aryl methyl sites for hydroxylation is 2. The molecule has 0 fully saturated rings. The number of rotatable bonds is 13. The number of nitrogens with zero attached hydrogens (tertiary/aromatic N) is 6. The van der Waals surface area contributed by atoms with Crippen LogP contribution < -0.4 is 5.73 Å². The highest BCUT2D eigenvalue weighted by Crippen LogP contribution is 2.31. The molecule has 0 aliphatic rings. The number of nitrogens with two attached hydrogens (primary N) is 1. The van der Waals surface area contributed by atoms with Gasteiger partial charge in [-0.3, -0.25) is 19.3 Å². The van der Waals surface area contributed by atoms with Crippen molar-refractivity contribution in [3.8, 4) is 11.1 Å². The lowest BCUT2D eigenvalue weighted by Crippen LogP contribution is -2.41. The lowest BCUT2D eigenvalue weighted by Gasteiger charge is -2.30. The van der Waals surface area contributed by atoms with E-state index in [0.29, 0.717) is 37.1 Å². The summed E-state index contributed by atoms with van der Waals surface area (Å²) in [4.78, 5) is 28.5. The van der Waals surface area contributed by atoms with Gasteiger partial charge in [-0.1, -0.05) is 33.3 Å². The molecule has 4 aromatic rings. The van der Waals surface area contributed by atoms with Crippen molar-refractivity contribution in [1.29, 1.82) is 0 Å². The zero-order chi connectivity index (χ0) is 28.9. The van der Waals surface area contributed by atoms with Gasteiger partial charge in [-0.05, 0) is 50.7 Å². The third kappa shape index (κ3) is 6.16. The Labute approximate surface area is 235 Å². The molecule has 0 aliphatic carbocycles. The predicted octanol–water partition coefficient (Wildman–Crippen LogP) is 4.11. The van der Waals surface area contributed by atoms with Crippen LogP contribution in [0.5, 0.6) is 0 Å². The molecule has 11 nitrogen and oxygen atoms in total. The first-order chi connectivity index (χ1) is 19.2. The van der Waals surface area contributed by atoms with Crippen molar-refractivity contribution < 1.29 is 13.2 Å². The minimum Gasteiger partial charge on any atom is -0.384 e. The SMILES string of the molecule is CCCCc1ccc(-c2ccn3c(N)c(S(C)(=O)=O)c(CC[C@@H](CC)N(CCC)C(=O)c4ncn[nH]4)nc23)cn1. The van der Waals surface area contributed by atoms with Crippen LogP contribution in [0.4, 0.5) is 5.82 Å². The van der Waals surface area contributed by atoms with Crippen LogP contribution in [0.25, 0.3) is 16.8 Å². The molecule has 40 heavy (non-hydrogen) atoms. The van der Waals surface area contributed by atoms with Gasteiger partial charge < -0.3 is 10.6 Å². The maximum absolute atomic E-state index is 13.2. The average Bonchev–Trinajstić information content (AvgIpc) is 3.62. The molecule has 0 radical (unpaired) electrons. The minimum absolute atomic E-state index is 0.0219. The van der Waals surface area contributed by atoms with Gasteiger partial charge in [0.05, 0.1) is 5.69 Å². The number of hydrogen-bond acceptors (Lipinski definition) is 8. The van der Waals surface area contributed by atoms with E-state index in [1.807, 2.05) is 38.2 Å². The number of H-pyrrole nitrogens is 1. The van der Waals surface area contributed by atoms with Gasteiger partial charge in [0.15, 0.2) is 9.84 Å². The van der Waals surface area contributed by atoms with Crippen LogP contribution in [0.3, 0.4) is 0 Å². The first-order valence-electron chi connectivity index (χ1n) is 13.8. The Morgan fingerprint density at radius 2 is 1.93 bits per heavy atom. The lowest BCUT2D eigenvalue weighted by molar-refractivity contribution is 0.0650. The van der Waals surface area contributed by atoms with E-state index in [9.17, 15) is 13.2 Å². The Bertz CT molecular complexity index is 1550. The van der Waals surface area contributed by atoms with Crippen LogP contribution in [-0.2, 0) is 22.7 Å². The van der Waals surface area contributed by atoms with Crippen molar-refractivity contribution in [2.24, 2.45) is 0 Å². The fraction of sp³-hybridized carbons (Fsp3) is 0.464. The summed E-state index contributed by atoms with van der Waals surface area (Å²) in [5.41, 5.74) is 10.2. The van der Waals surface area contributed by atoms with Gasteiger partial charge >= 0.3 is 0 Å². The van der Waals surface area contributed by atoms with Crippen molar-refractivity contribution in [2.45, 2.75) is 76.7 Å². The van der Waals surface area contributed by atoms with E-state index in [4.69, 9.17) is 10.7 Å². The summed E-state index contributed by atoms with van der Waals surface area (Å²) in [6.45, 7) is 6.70. The van der Waals surface area contributed by atoms with E-state index in [1.165, 1.54) is 6.33 Å². The van der Waals surface area contributed by atoms with Gasteiger partial charge in [-0.25, -0.2) is 18.4 Å². The van der Waals surface area contributed by atoms with Gasteiger partial charge in [0.2, 0.25) is 5.82 Å². The summed E-state index contributed by atoms with van der Waals surface area (Å²) in [5.74, 6) is 0.0679. The summed E-state index contributed by atoms with van der Waals surface area (Å²) >= 11 is 0. The fourth-order valence-electron chi connectivity index (χ4n) is 5.08. The largest absolute Gasteiger partial charge is 0.384 e. The van der Waals surface area contributed by atoms with E-state index in [2.05, 4.69) is 27.1 Å². The zero-order valence-corrected chi connectivity index (χ0v) is 24.4. The average molecular weight is 567 g/mol. The van der Waals surface area contributed by atoms with E-state index < -0.39 is 9.84 Å². The number of nitrogens with one attached hydrogen (secondary N) is 1. The topological polar surface area (TPSA) is 152 Å². The highest BCUT2D eigenvalue weighted by molar-refractivity contribution is 7.91. The van der Waals surface area contributed by atoms with E-state index in [0.717, 1.165) is 48.8 Å². The predicted molar refractivity (Wildman–Crippen MR) is 155 cm³/mol. The molecule has 4 rings (SSSR count). The van der Waals surface area contributed by atoms with Gasteiger partial charge in [-0.15, -0.1) is 0 Å². The number of aromatic amines is 1. The van der Waals surface area contributed by atoms with E-state index in [1.54, 1.807) is 15.5 Å². The van der Waals surface area contributed by atoms with Crippen molar-refractivity contribution in [3.63, 3.8) is 0 Å². The maximum Gasteiger partial charge on any atom is 0.291 e. The summed E-state index contributed by atoms with van der Waals surface area (Å²) in [6.07, 6.45) is 11.4. The molecular formula is C28H38N8O3S. The second-order valence-corrected chi connectivity index (χ2v) is 12.0. The van der Waals surface area contributed by atoms with Crippen molar-refractivity contribution >= 4 is 27.2 Å². The highest BCUT2D eigenvalue weighted by Gasteiger charge is 2.28. The number of unbranched alkanes of at least 4 members (excludes halogenated alkanes) is 1. The molecular weight excluding hydrogens is 528 g/mol. The molecule has 0 saturated heterocycles. The van der Waals surface area contributed by atoms with Crippen molar-refractivity contribution in [2.75, 3.05) is 18.5 Å². The molecule has 0 saturated carbocycles. The van der Waals surface area contributed by atoms with Crippen molar-refractivity contribution in [1.82, 2.24) is 34.4 Å². The molecule has 4 aromatic heterocycles. The third-order valence-electron chi connectivity index (χ3n) is 7.12. The summed E-state index contributed by atoms with van der Waals surface area (Å²) in [7, 11) is -3.69. The van der Waals surface area contributed by atoms with Gasteiger partial charge in [0.25, 0.3) is 5.91 Å². The minimum atomic E-state index is -3.69. The smallest absolute Gasteiger partial charge is 0.291 e. The molecule has 0 aliphatic heterocycles. The zero-order valence-electron chi connectivity index (χ0n) is 23.6. The van der Waals surface area contributed by atoms with E-state index in [-0.39, 0.29) is 28.5 Å². The number of aromatic nitrogens is 6. The molecule has 4 heterocycles. The molecule has 214 valence electrons.